The molecule has 2 aromatic rings. The molecule has 6 nitrogen and oxygen atoms in total. The fourth-order valence-electron chi connectivity index (χ4n) is 2.56. The molecule has 154 valence electrons. The van der Waals surface area contributed by atoms with Gasteiger partial charge in [-0.25, -0.2) is 13.1 Å². The summed E-state index contributed by atoms with van der Waals surface area (Å²) < 4.78 is 70.6. The summed E-state index contributed by atoms with van der Waals surface area (Å²) in [6.45, 7) is 3.61. The summed E-state index contributed by atoms with van der Waals surface area (Å²) >= 11 is 0. The van der Waals surface area contributed by atoms with Crippen molar-refractivity contribution in [2.75, 3.05) is 6.61 Å². The summed E-state index contributed by atoms with van der Waals surface area (Å²) in [6.07, 6.45) is -5.24. The Kier molecular flexibility index (Phi) is 6.54. The van der Waals surface area contributed by atoms with Gasteiger partial charge in [0.05, 0.1) is 35.1 Å². The largest absolute Gasteiger partial charge is 0.493 e. The first-order valence-corrected chi connectivity index (χ1v) is 9.79. The van der Waals surface area contributed by atoms with Crippen LogP contribution < -0.4 is 9.46 Å². The third-order valence-electron chi connectivity index (χ3n) is 3.77. The van der Waals surface area contributed by atoms with E-state index in [1.54, 1.807) is 16.9 Å². The van der Waals surface area contributed by atoms with Crippen molar-refractivity contribution in [3.63, 3.8) is 0 Å². The number of carbonyl (C=O) groups excluding carboxylic acids is 1. The zero-order valence-corrected chi connectivity index (χ0v) is 16.3. The van der Waals surface area contributed by atoms with Gasteiger partial charge in [0.25, 0.3) is 10.0 Å². The molecule has 0 aliphatic rings. The monoisotopic (exact) mass is 426 g/mol. The molecule has 1 N–H and O–H groups in total. The molecule has 0 aliphatic heterocycles. The van der Waals surface area contributed by atoms with E-state index in [1.807, 2.05) is 19.9 Å². The van der Waals surface area contributed by atoms with E-state index in [9.17, 15) is 26.4 Å². The van der Waals surface area contributed by atoms with E-state index in [0.717, 1.165) is 23.3 Å². The van der Waals surface area contributed by atoms with Gasteiger partial charge >= 0.3 is 6.18 Å². The number of ether oxygens (including phenoxy) is 1. The number of nitrogens with zero attached hydrogens (tertiary/aromatic N) is 1. The van der Waals surface area contributed by atoms with Crippen molar-refractivity contribution in [1.82, 2.24) is 4.72 Å². The molecule has 0 atom stereocenters. The van der Waals surface area contributed by atoms with E-state index in [2.05, 4.69) is 0 Å². The third kappa shape index (κ3) is 5.96. The van der Waals surface area contributed by atoms with Crippen LogP contribution in [0.5, 0.6) is 5.75 Å². The van der Waals surface area contributed by atoms with Crippen molar-refractivity contribution >= 4 is 15.9 Å². The van der Waals surface area contributed by atoms with Gasteiger partial charge in [-0.05, 0) is 55.3 Å². The first-order valence-electron chi connectivity index (χ1n) is 8.30. The lowest BCUT2D eigenvalue weighted by atomic mass is 10.1. The number of benzene rings is 2. The Morgan fingerprint density at radius 2 is 1.76 bits per heavy atom. The molecule has 0 spiro atoms. The standard InChI is InChI=1S/C19H17F3N2O4S/c1-12-7-13(2)9-15(8-12)28-6-5-18(25)24-29(26,27)16-4-3-14(11-23)17(10-16)19(20,21)22/h3-4,7-10H,5-6H2,1-2H3,(H,24,25). The number of nitrogens with one attached hydrogen (secondary N) is 1. The van der Waals surface area contributed by atoms with Crippen LogP contribution in [0.1, 0.15) is 28.7 Å². The van der Waals surface area contributed by atoms with Crippen molar-refractivity contribution in [2.45, 2.75) is 31.3 Å². The van der Waals surface area contributed by atoms with Crippen LogP contribution >= 0.6 is 0 Å². The number of hydrogen-bond donors (Lipinski definition) is 1. The van der Waals surface area contributed by atoms with Crippen LogP contribution in [0, 0.1) is 25.2 Å². The summed E-state index contributed by atoms with van der Waals surface area (Å²) in [5.41, 5.74) is -0.209. The van der Waals surface area contributed by atoms with Crippen molar-refractivity contribution in [1.29, 1.82) is 5.26 Å². The Morgan fingerprint density at radius 1 is 1.14 bits per heavy atom. The number of rotatable bonds is 6. The first-order chi connectivity index (χ1) is 13.4. The normalized spacial score (nSPS) is 11.6. The van der Waals surface area contributed by atoms with Crippen LogP contribution in [-0.4, -0.2) is 20.9 Å². The maximum atomic E-state index is 13.0. The maximum absolute atomic E-state index is 13.0. The molecule has 0 aliphatic carbocycles. The predicted molar refractivity (Wildman–Crippen MR) is 97.5 cm³/mol. The summed E-state index contributed by atoms with van der Waals surface area (Å²) in [5.74, 6) is -0.424. The number of aryl methyl sites for hydroxylation is 2. The fraction of sp³-hybridized carbons (Fsp3) is 0.263. The first kappa shape index (κ1) is 22.2. The average molecular weight is 426 g/mol. The van der Waals surface area contributed by atoms with Crippen LogP contribution in [0.2, 0.25) is 0 Å². The summed E-state index contributed by atoms with van der Waals surface area (Å²) in [5, 5.41) is 8.76. The Hall–Kier alpha value is -3.06. The molecule has 0 unspecified atom stereocenters. The highest BCUT2D eigenvalue weighted by atomic mass is 32.2. The molecule has 0 aromatic heterocycles. The smallest absolute Gasteiger partial charge is 0.417 e. The van der Waals surface area contributed by atoms with Gasteiger partial charge in [-0.2, -0.15) is 18.4 Å². The highest BCUT2D eigenvalue weighted by Crippen LogP contribution is 2.33. The summed E-state index contributed by atoms with van der Waals surface area (Å²) in [7, 11) is -4.54. The lowest BCUT2D eigenvalue weighted by molar-refractivity contribution is -0.137. The quantitative estimate of drug-likeness (QED) is 0.763. The lowest BCUT2D eigenvalue weighted by Crippen LogP contribution is -2.31. The zero-order valence-electron chi connectivity index (χ0n) is 15.5. The summed E-state index contributed by atoms with van der Waals surface area (Å²) in [4.78, 5) is 11.1. The minimum absolute atomic E-state index is 0.120. The molecule has 10 heteroatoms. The van der Waals surface area contributed by atoms with Gasteiger partial charge in [-0.15, -0.1) is 0 Å². The molecule has 0 fully saturated rings. The van der Waals surface area contributed by atoms with Crippen LogP contribution in [-0.2, 0) is 21.0 Å². The van der Waals surface area contributed by atoms with Crippen molar-refractivity contribution < 1.29 is 31.1 Å². The molecule has 29 heavy (non-hydrogen) atoms. The molecular weight excluding hydrogens is 409 g/mol. The van der Waals surface area contributed by atoms with Gasteiger partial charge in [0.1, 0.15) is 5.75 Å². The highest BCUT2D eigenvalue weighted by molar-refractivity contribution is 7.90. The number of nitriles is 1. The molecule has 1 amide bonds. The minimum Gasteiger partial charge on any atom is -0.493 e. The number of halogens is 3. The van der Waals surface area contributed by atoms with Crippen LogP contribution in [0.4, 0.5) is 13.2 Å². The molecule has 0 saturated carbocycles. The van der Waals surface area contributed by atoms with Gasteiger partial charge in [0, 0.05) is 0 Å². The molecule has 0 radical (unpaired) electrons. The number of alkyl halides is 3. The minimum atomic E-state index is -4.92. The zero-order chi connectivity index (χ0) is 21.8. The predicted octanol–water partition coefficient (Wildman–Crippen LogP) is 3.47. The Labute approximate surface area is 166 Å². The Balaban J connectivity index is 2.07. The van der Waals surface area contributed by atoms with Crippen molar-refractivity contribution in [3.05, 3.63) is 58.7 Å². The molecule has 0 heterocycles. The molecule has 0 bridgehead atoms. The second-order valence-electron chi connectivity index (χ2n) is 6.27. The van der Waals surface area contributed by atoms with Crippen molar-refractivity contribution in [2.24, 2.45) is 0 Å². The number of hydrogen-bond acceptors (Lipinski definition) is 5. The third-order valence-corrected chi connectivity index (χ3v) is 5.14. The van der Waals surface area contributed by atoms with Gasteiger partial charge in [-0.3, -0.25) is 4.79 Å². The van der Waals surface area contributed by atoms with Gasteiger partial charge in [0.15, 0.2) is 0 Å². The van der Waals surface area contributed by atoms with E-state index in [1.165, 1.54) is 6.07 Å². The van der Waals surface area contributed by atoms with E-state index in [0.29, 0.717) is 11.8 Å². The van der Waals surface area contributed by atoms with Gasteiger partial charge in [0.2, 0.25) is 5.91 Å². The number of sulfonamides is 1. The van der Waals surface area contributed by atoms with Crippen LogP contribution in [0.3, 0.4) is 0 Å². The second-order valence-corrected chi connectivity index (χ2v) is 7.95. The molecular formula is C19H17F3N2O4S. The Bertz CT molecular complexity index is 1050. The highest BCUT2D eigenvalue weighted by Gasteiger charge is 2.35. The second kappa shape index (κ2) is 8.53. The SMILES string of the molecule is Cc1cc(C)cc(OCCC(=O)NS(=O)(=O)c2ccc(C#N)c(C(F)(F)F)c2)c1. The fourth-order valence-corrected chi connectivity index (χ4v) is 3.60. The molecule has 2 rings (SSSR count). The maximum Gasteiger partial charge on any atom is 0.417 e. The van der Waals surface area contributed by atoms with Crippen molar-refractivity contribution in [3.8, 4) is 11.8 Å². The van der Waals surface area contributed by atoms with Crippen LogP contribution in [0.15, 0.2) is 41.3 Å². The Morgan fingerprint density at radius 3 is 2.31 bits per heavy atom. The number of carbonyl (C=O) groups is 1. The van der Waals surface area contributed by atoms with E-state index < -0.39 is 38.1 Å². The summed E-state index contributed by atoms with van der Waals surface area (Å²) in [6, 6.07) is 8.67. The van der Waals surface area contributed by atoms with Gasteiger partial charge in [-0.1, -0.05) is 6.07 Å². The molecule has 2 aromatic carbocycles. The van der Waals surface area contributed by atoms with E-state index in [-0.39, 0.29) is 13.0 Å². The van der Waals surface area contributed by atoms with Gasteiger partial charge < -0.3 is 4.74 Å². The van der Waals surface area contributed by atoms with E-state index >= 15 is 0 Å². The number of amides is 1. The molecule has 0 saturated heterocycles. The average Bonchev–Trinajstić information content (AvgIpc) is 2.59. The lowest BCUT2D eigenvalue weighted by Gasteiger charge is -2.12. The topological polar surface area (TPSA) is 96.3 Å². The van der Waals surface area contributed by atoms with Crippen LogP contribution in [0.25, 0.3) is 0 Å². The van der Waals surface area contributed by atoms with E-state index in [4.69, 9.17) is 10.00 Å².